The van der Waals surface area contributed by atoms with Crippen LogP contribution in [-0.2, 0) is 33.1 Å². The van der Waals surface area contributed by atoms with E-state index in [1.165, 1.54) is 0 Å². The molecule has 0 bridgehead atoms. The fourth-order valence-electron chi connectivity index (χ4n) is 4.24. The van der Waals surface area contributed by atoms with Gasteiger partial charge in [0.15, 0.2) is 0 Å². The van der Waals surface area contributed by atoms with Gasteiger partial charge in [0.05, 0.1) is 19.8 Å². The van der Waals surface area contributed by atoms with Crippen molar-refractivity contribution in [1.29, 1.82) is 0 Å². The van der Waals surface area contributed by atoms with E-state index in [1.54, 1.807) is 6.92 Å². The Morgan fingerprint density at radius 1 is 0.938 bits per heavy atom. The second kappa shape index (κ2) is 10.3. The van der Waals surface area contributed by atoms with Gasteiger partial charge in [-0.2, -0.15) is 0 Å². The zero-order valence-electron chi connectivity index (χ0n) is 18.2. The third-order valence-corrected chi connectivity index (χ3v) is 6.32. The van der Waals surface area contributed by atoms with E-state index in [-0.39, 0.29) is 12.0 Å². The minimum Gasteiger partial charge on any atom is -0.368 e. The molecule has 0 radical (unpaired) electrons. The van der Waals surface area contributed by atoms with Crippen molar-refractivity contribution < 1.29 is 14.3 Å². The molecular weight excluding hydrogens is 422 g/mol. The van der Waals surface area contributed by atoms with E-state index in [4.69, 9.17) is 21.1 Å². The second-order valence-corrected chi connectivity index (χ2v) is 8.61. The summed E-state index contributed by atoms with van der Waals surface area (Å²) in [6.07, 6.45) is 0.311. The van der Waals surface area contributed by atoms with Gasteiger partial charge in [0.1, 0.15) is 11.7 Å². The molecule has 1 aliphatic heterocycles. The minimum atomic E-state index is -0.693. The third kappa shape index (κ3) is 5.21. The Kier molecular flexibility index (Phi) is 7.26. The van der Waals surface area contributed by atoms with Crippen LogP contribution in [0.25, 0.3) is 0 Å². The Morgan fingerprint density at radius 2 is 1.53 bits per heavy atom. The predicted octanol–water partition coefficient (Wildman–Crippen LogP) is 5.59. The number of benzene rings is 3. The van der Waals surface area contributed by atoms with E-state index in [9.17, 15) is 4.79 Å². The number of ether oxygens (including phenoxy) is 2. The third-order valence-electron chi connectivity index (χ3n) is 6.07. The minimum absolute atomic E-state index is 0.0473. The first kappa shape index (κ1) is 22.5. The van der Waals surface area contributed by atoms with Crippen LogP contribution in [0.4, 0.5) is 0 Å². The normalized spacial score (nSPS) is 20.8. The fraction of sp³-hybridized carbons (Fsp3) is 0.296. The maximum absolute atomic E-state index is 12.2. The molecule has 0 N–H and O–H groups in total. The van der Waals surface area contributed by atoms with Crippen LogP contribution in [0.1, 0.15) is 30.0 Å². The molecule has 3 aromatic carbocycles. The van der Waals surface area contributed by atoms with Crippen LogP contribution in [0.5, 0.6) is 0 Å². The van der Waals surface area contributed by atoms with Crippen molar-refractivity contribution in [2.24, 2.45) is 0 Å². The molecule has 1 heterocycles. The van der Waals surface area contributed by atoms with Crippen molar-refractivity contribution in [3.63, 3.8) is 0 Å². The number of hydrogen-bond acceptors (Lipinski definition) is 3. The van der Waals surface area contributed by atoms with Crippen LogP contribution in [0.15, 0.2) is 84.9 Å². The van der Waals surface area contributed by atoms with Gasteiger partial charge in [0.25, 0.3) is 0 Å². The van der Waals surface area contributed by atoms with Crippen molar-refractivity contribution in [2.75, 3.05) is 13.1 Å². The molecule has 0 aromatic heterocycles. The van der Waals surface area contributed by atoms with Gasteiger partial charge in [-0.3, -0.25) is 4.79 Å². The summed E-state index contributed by atoms with van der Waals surface area (Å²) in [5.74, 6) is 0.0473. The summed E-state index contributed by atoms with van der Waals surface area (Å²) >= 11 is 6.19. The van der Waals surface area contributed by atoms with Crippen molar-refractivity contribution >= 4 is 17.5 Å². The van der Waals surface area contributed by atoms with E-state index in [0.29, 0.717) is 37.7 Å². The average molecular weight is 450 g/mol. The number of hydrogen-bond donors (Lipinski definition) is 0. The molecule has 166 valence electrons. The number of amides is 1. The zero-order valence-corrected chi connectivity index (χ0v) is 19.0. The predicted molar refractivity (Wildman–Crippen MR) is 126 cm³/mol. The highest BCUT2D eigenvalue weighted by Crippen LogP contribution is 2.40. The summed E-state index contributed by atoms with van der Waals surface area (Å²) in [5, 5.41) is 0.676. The quantitative estimate of drug-likeness (QED) is 0.472. The molecule has 2 atom stereocenters. The van der Waals surface area contributed by atoms with Crippen molar-refractivity contribution in [1.82, 2.24) is 4.90 Å². The monoisotopic (exact) mass is 449 g/mol. The van der Waals surface area contributed by atoms with Gasteiger partial charge in [0, 0.05) is 24.9 Å². The van der Waals surface area contributed by atoms with Gasteiger partial charge in [-0.1, -0.05) is 84.4 Å². The molecule has 4 rings (SSSR count). The van der Waals surface area contributed by atoms with Crippen LogP contribution in [-0.4, -0.2) is 30.0 Å². The maximum atomic E-state index is 12.2. The SMILES string of the molecule is CC(=O)N1CCC(OCc2ccccc2)(c2ccc(Cl)cc2)C(OCc2ccccc2)C1. The molecule has 5 heteroatoms. The number of halogens is 1. The van der Waals surface area contributed by atoms with Crippen molar-refractivity contribution in [2.45, 2.75) is 38.3 Å². The van der Waals surface area contributed by atoms with Gasteiger partial charge in [-0.15, -0.1) is 0 Å². The van der Waals surface area contributed by atoms with Crippen molar-refractivity contribution in [3.8, 4) is 0 Å². The molecule has 32 heavy (non-hydrogen) atoms. The highest BCUT2D eigenvalue weighted by molar-refractivity contribution is 6.30. The van der Waals surface area contributed by atoms with Crippen LogP contribution in [0.2, 0.25) is 5.02 Å². The van der Waals surface area contributed by atoms with E-state index >= 15 is 0 Å². The first-order valence-electron chi connectivity index (χ1n) is 10.9. The highest BCUT2D eigenvalue weighted by Gasteiger charge is 2.47. The van der Waals surface area contributed by atoms with Gasteiger partial charge in [-0.25, -0.2) is 0 Å². The molecule has 1 aliphatic rings. The molecule has 1 fully saturated rings. The second-order valence-electron chi connectivity index (χ2n) is 8.17. The topological polar surface area (TPSA) is 38.8 Å². The lowest BCUT2D eigenvalue weighted by molar-refractivity contribution is -0.195. The summed E-state index contributed by atoms with van der Waals surface area (Å²) in [6.45, 7) is 3.59. The Labute approximate surface area is 194 Å². The van der Waals surface area contributed by atoms with Gasteiger partial charge >= 0.3 is 0 Å². The first-order valence-corrected chi connectivity index (χ1v) is 11.3. The van der Waals surface area contributed by atoms with Gasteiger partial charge in [-0.05, 0) is 28.8 Å². The van der Waals surface area contributed by atoms with E-state index in [0.717, 1.165) is 16.7 Å². The number of rotatable bonds is 7. The number of piperidine rings is 1. The van der Waals surface area contributed by atoms with Crippen LogP contribution in [0, 0.1) is 0 Å². The zero-order chi connectivity index (χ0) is 22.4. The standard InChI is InChI=1S/C27H28ClNO3/c1-21(30)29-17-16-27(24-12-14-25(28)15-13-24,32-20-23-10-6-3-7-11-23)26(18-29)31-19-22-8-4-2-5-9-22/h2-15,26H,16-20H2,1H3. The Morgan fingerprint density at radius 3 is 2.12 bits per heavy atom. The van der Waals surface area contributed by atoms with Crippen LogP contribution in [0.3, 0.4) is 0 Å². The summed E-state index contributed by atoms with van der Waals surface area (Å²) in [7, 11) is 0. The summed E-state index contributed by atoms with van der Waals surface area (Å²) in [4.78, 5) is 14.0. The summed E-state index contributed by atoms with van der Waals surface area (Å²) in [6, 6.07) is 28.0. The first-order chi connectivity index (χ1) is 15.6. The number of carbonyl (C=O) groups is 1. The number of likely N-dealkylation sites (tertiary alicyclic amines) is 1. The fourth-order valence-corrected chi connectivity index (χ4v) is 4.37. The molecule has 1 saturated heterocycles. The Hall–Kier alpha value is -2.66. The molecule has 3 aromatic rings. The average Bonchev–Trinajstić information content (AvgIpc) is 2.83. The van der Waals surface area contributed by atoms with Crippen LogP contribution >= 0.6 is 11.6 Å². The molecule has 0 saturated carbocycles. The molecule has 4 nitrogen and oxygen atoms in total. The largest absolute Gasteiger partial charge is 0.368 e. The maximum Gasteiger partial charge on any atom is 0.219 e. The van der Waals surface area contributed by atoms with Gasteiger partial charge < -0.3 is 14.4 Å². The smallest absolute Gasteiger partial charge is 0.219 e. The van der Waals surface area contributed by atoms with E-state index in [1.807, 2.05) is 77.7 Å². The van der Waals surface area contributed by atoms with Gasteiger partial charge in [0.2, 0.25) is 5.91 Å². The molecule has 0 aliphatic carbocycles. The lowest BCUT2D eigenvalue weighted by Crippen LogP contribution is -2.56. The van der Waals surface area contributed by atoms with E-state index < -0.39 is 5.60 Å². The molecule has 2 unspecified atom stereocenters. The Bertz CT molecular complexity index is 1010. The highest BCUT2D eigenvalue weighted by atomic mass is 35.5. The molecule has 0 spiro atoms. The van der Waals surface area contributed by atoms with E-state index in [2.05, 4.69) is 12.1 Å². The van der Waals surface area contributed by atoms with Crippen molar-refractivity contribution in [3.05, 3.63) is 107 Å². The summed E-state index contributed by atoms with van der Waals surface area (Å²) in [5.41, 5.74) is 2.50. The number of nitrogens with zero attached hydrogens (tertiary/aromatic N) is 1. The lowest BCUT2D eigenvalue weighted by atomic mass is 9.81. The molecular formula is C27H28ClNO3. The number of carbonyl (C=O) groups excluding carboxylic acids is 1. The summed E-state index contributed by atoms with van der Waals surface area (Å²) < 4.78 is 13.2. The molecule has 1 amide bonds. The van der Waals surface area contributed by atoms with Crippen LogP contribution < -0.4 is 0 Å². The Balaban J connectivity index is 1.67. The lowest BCUT2D eigenvalue weighted by Gasteiger charge is -2.47.